The van der Waals surface area contributed by atoms with Crippen LogP contribution >= 0.6 is 47.2 Å². The third-order valence-electron chi connectivity index (χ3n) is 3.83. The predicted octanol–water partition coefficient (Wildman–Crippen LogP) is 3.56. The van der Waals surface area contributed by atoms with E-state index in [1.807, 2.05) is 27.9 Å². The van der Waals surface area contributed by atoms with E-state index in [-0.39, 0.29) is 30.1 Å². The number of hydrogen-bond acceptors (Lipinski definition) is 4. The topological polar surface area (TPSA) is 69.1 Å². The van der Waals surface area contributed by atoms with E-state index >= 15 is 0 Å². The van der Waals surface area contributed by atoms with Crippen LogP contribution in [0.1, 0.15) is 31.9 Å². The van der Waals surface area contributed by atoms with E-state index in [9.17, 15) is 5.11 Å². The maximum Gasteiger partial charge on any atom is 0.191 e. The van der Waals surface area contributed by atoms with Crippen molar-refractivity contribution in [1.82, 2.24) is 15.5 Å². The van der Waals surface area contributed by atoms with Crippen molar-refractivity contribution in [1.29, 1.82) is 0 Å². The van der Waals surface area contributed by atoms with Crippen LogP contribution in [0.5, 0.6) is 0 Å². The molecule has 6 nitrogen and oxygen atoms in total. The van der Waals surface area contributed by atoms with Crippen molar-refractivity contribution in [2.45, 2.75) is 32.5 Å². The number of ether oxygens (including phenoxy) is 1. The minimum absolute atomic E-state index is 0. The molecule has 0 amide bonds. The summed E-state index contributed by atoms with van der Waals surface area (Å²) in [5.74, 6) is 0.638. The summed E-state index contributed by atoms with van der Waals surface area (Å²) in [6.45, 7) is 7.15. The van der Waals surface area contributed by atoms with Crippen LogP contribution in [-0.2, 0) is 4.74 Å². The number of aliphatic hydroxyl groups is 1. The number of benzene rings is 1. The summed E-state index contributed by atoms with van der Waals surface area (Å²) in [6, 6.07) is 5.05. The van der Waals surface area contributed by atoms with Gasteiger partial charge in [-0.3, -0.25) is 4.99 Å². The molecule has 2 unspecified atom stereocenters. The second kappa shape index (κ2) is 15.5. The molecule has 162 valence electrons. The maximum absolute atomic E-state index is 10.4. The zero-order valence-electron chi connectivity index (χ0n) is 17.0. The van der Waals surface area contributed by atoms with Crippen LogP contribution in [0.25, 0.3) is 0 Å². The van der Waals surface area contributed by atoms with E-state index in [1.54, 1.807) is 18.2 Å². The highest BCUT2D eigenvalue weighted by molar-refractivity contribution is 14.0. The quantitative estimate of drug-likeness (QED) is 0.225. The first-order chi connectivity index (χ1) is 12.8. The SMILES string of the molecule is CCNC(=NCC(CCN(C)C)OCC)NCC(O)c1cc(Cl)cc(Cl)c1.I. The number of aliphatic imine (C=N–C) groups is 1. The molecule has 28 heavy (non-hydrogen) atoms. The van der Waals surface area contributed by atoms with Crippen LogP contribution in [0, 0.1) is 0 Å². The lowest BCUT2D eigenvalue weighted by Crippen LogP contribution is -2.40. The number of rotatable bonds is 11. The first kappa shape index (κ1) is 27.7. The summed E-state index contributed by atoms with van der Waals surface area (Å²) in [5, 5.41) is 17.7. The van der Waals surface area contributed by atoms with E-state index < -0.39 is 6.10 Å². The molecular formula is C19H33Cl2IN4O2. The summed E-state index contributed by atoms with van der Waals surface area (Å²) in [4.78, 5) is 6.73. The van der Waals surface area contributed by atoms with Crippen molar-refractivity contribution in [3.05, 3.63) is 33.8 Å². The van der Waals surface area contributed by atoms with Crippen molar-refractivity contribution in [2.75, 3.05) is 46.9 Å². The zero-order chi connectivity index (χ0) is 20.2. The summed E-state index contributed by atoms with van der Waals surface area (Å²) >= 11 is 12.0. The molecule has 9 heteroatoms. The Balaban J connectivity index is 0.00000729. The van der Waals surface area contributed by atoms with Crippen molar-refractivity contribution in [2.24, 2.45) is 4.99 Å². The molecule has 0 aliphatic carbocycles. The van der Waals surface area contributed by atoms with E-state index in [2.05, 4.69) is 20.5 Å². The lowest BCUT2D eigenvalue weighted by atomic mass is 10.1. The molecule has 1 aromatic rings. The Labute approximate surface area is 196 Å². The van der Waals surface area contributed by atoms with Crippen LogP contribution in [0.2, 0.25) is 10.0 Å². The summed E-state index contributed by atoms with van der Waals surface area (Å²) in [5.41, 5.74) is 0.661. The Morgan fingerprint density at radius 3 is 2.36 bits per heavy atom. The fourth-order valence-electron chi connectivity index (χ4n) is 2.48. The Bertz CT molecular complexity index is 571. The highest BCUT2D eigenvalue weighted by Gasteiger charge is 2.12. The number of aliphatic hydroxyl groups excluding tert-OH is 1. The summed E-state index contributed by atoms with van der Waals surface area (Å²) in [6.07, 6.45) is 0.221. The van der Waals surface area contributed by atoms with Gasteiger partial charge in [0, 0.05) is 36.3 Å². The molecule has 0 radical (unpaired) electrons. The van der Waals surface area contributed by atoms with Crippen molar-refractivity contribution in [3.63, 3.8) is 0 Å². The van der Waals surface area contributed by atoms with Gasteiger partial charge < -0.3 is 25.4 Å². The number of guanidine groups is 1. The molecule has 3 N–H and O–H groups in total. The lowest BCUT2D eigenvalue weighted by molar-refractivity contribution is 0.0582. The molecule has 1 rings (SSSR count). The Kier molecular flexibility index (Phi) is 15.3. The second-order valence-electron chi connectivity index (χ2n) is 6.49. The minimum Gasteiger partial charge on any atom is -0.387 e. The van der Waals surface area contributed by atoms with Gasteiger partial charge >= 0.3 is 0 Å². The number of nitrogens with one attached hydrogen (secondary N) is 2. The molecule has 0 aliphatic rings. The van der Waals surface area contributed by atoms with Crippen LogP contribution in [0.15, 0.2) is 23.2 Å². The normalized spacial score (nSPS) is 13.8. The van der Waals surface area contributed by atoms with Crippen LogP contribution < -0.4 is 10.6 Å². The van der Waals surface area contributed by atoms with Gasteiger partial charge in [0.2, 0.25) is 0 Å². The smallest absolute Gasteiger partial charge is 0.191 e. The van der Waals surface area contributed by atoms with Crippen molar-refractivity contribution < 1.29 is 9.84 Å². The molecule has 0 saturated carbocycles. The molecule has 0 saturated heterocycles. The number of halogens is 3. The third-order valence-corrected chi connectivity index (χ3v) is 4.27. The zero-order valence-corrected chi connectivity index (χ0v) is 20.9. The summed E-state index contributed by atoms with van der Waals surface area (Å²) < 4.78 is 5.77. The van der Waals surface area contributed by atoms with E-state index in [0.717, 1.165) is 19.5 Å². The minimum atomic E-state index is -0.749. The molecule has 0 heterocycles. The van der Waals surface area contributed by atoms with Gasteiger partial charge in [0.1, 0.15) is 0 Å². The predicted molar refractivity (Wildman–Crippen MR) is 129 cm³/mol. The lowest BCUT2D eigenvalue weighted by Gasteiger charge is -2.19. The van der Waals surface area contributed by atoms with E-state index in [0.29, 0.717) is 41.3 Å². The molecule has 0 bridgehead atoms. The molecule has 1 aromatic carbocycles. The van der Waals surface area contributed by atoms with Gasteiger partial charge in [-0.15, -0.1) is 24.0 Å². The molecular weight excluding hydrogens is 514 g/mol. The maximum atomic E-state index is 10.4. The van der Waals surface area contributed by atoms with E-state index in [1.165, 1.54) is 0 Å². The molecule has 0 fully saturated rings. The fourth-order valence-corrected chi connectivity index (χ4v) is 3.02. The van der Waals surface area contributed by atoms with Gasteiger partial charge in [-0.05, 0) is 58.1 Å². The molecule has 0 spiro atoms. The van der Waals surface area contributed by atoms with Crippen LogP contribution in [0.3, 0.4) is 0 Å². The number of nitrogens with zero attached hydrogens (tertiary/aromatic N) is 2. The second-order valence-corrected chi connectivity index (χ2v) is 7.36. The van der Waals surface area contributed by atoms with Gasteiger partial charge in [-0.2, -0.15) is 0 Å². The van der Waals surface area contributed by atoms with Crippen molar-refractivity contribution >= 4 is 53.1 Å². The van der Waals surface area contributed by atoms with Gasteiger partial charge in [-0.1, -0.05) is 23.2 Å². The Morgan fingerprint density at radius 1 is 1.18 bits per heavy atom. The molecule has 0 aliphatic heterocycles. The van der Waals surface area contributed by atoms with Crippen LogP contribution in [0.4, 0.5) is 0 Å². The average molecular weight is 547 g/mol. The van der Waals surface area contributed by atoms with Gasteiger partial charge in [0.05, 0.1) is 18.8 Å². The van der Waals surface area contributed by atoms with Gasteiger partial charge in [-0.25, -0.2) is 0 Å². The van der Waals surface area contributed by atoms with E-state index in [4.69, 9.17) is 27.9 Å². The van der Waals surface area contributed by atoms with Crippen LogP contribution in [-0.4, -0.2) is 69.0 Å². The third kappa shape index (κ3) is 11.6. The highest BCUT2D eigenvalue weighted by atomic mass is 127. The average Bonchev–Trinajstić information content (AvgIpc) is 2.60. The largest absolute Gasteiger partial charge is 0.387 e. The number of hydrogen-bond donors (Lipinski definition) is 3. The Hall–Kier alpha value is -0.320. The first-order valence-electron chi connectivity index (χ1n) is 9.28. The van der Waals surface area contributed by atoms with Gasteiger partial charge in [0.15, 0.2) is 5.96 Å². The molecule has 0 aromatic heterocycles. The summed E-state index contributed by atoms with van der Waals surface area (Å²) in [7, 11) is 4.09. The Morgan fingerprint density at radius 2 is 1.82 bits per heavy atom. The molecule has 2 atom stereocenters. The van der Waals surface area contributed by atoms with Crippen molar-refractivity contribution in [3.8, 4) is 0 Å². The standard InChI is InChI=1S/C19H32Cl2N4O2.HI/c1-5-22-19(23-12-17(27-6-2)7-8-25(3)4)24-13-18(26)14-9-15(20)11-16(21)10-14;/h9-11,17-18,26H,5-8,12-13H2,1-4H3,(H2,22,23,24);1H. The first-order valence-corrected chi connectivity index (χ1v) is 10.0. The fraction of sp³-hybridized carbons (Fsp3) is 0.632. The highest BCUT2D eigenvalue weighted by Crippen LogP contribution is 2.23. The monoisotopic (exact) mass is 546 g/mol. The van der Waals surface area contributed by atoms with Gasteiger partial charge in [0.25, 0.3) is 0 Å².